The van der Waals surface area contributed by atoms with E-state index in [0.29, 0.717) is 0 Å². The zero-order chi connectivity index (χ0) is 6.91. The highest BCUT2D eigenvalue weighted by atomic mass is 32.3. The first kappa shape index (κ1) is 6.66. The molecule has 9 heavy (non-hydrogen) atoms. The minimum Gasteiger partial charge on any atom is -0.232 e. The van der Waals surface area contributed by atoms with E-state index in [2.05, 4.69) is 4.98 Å². The van der Waals surface area contributed by atoms with Gasteiger partial charge in [0, 0.05) is 11.6 Å². The topological polar surface area (TPSA) is 66.9 Å². The second kappa shape index (κ2) is 2.05. The van der Waals surface area contributed by atoms with E-state index in [1.54, 1.807) is 0 Å². The van der Waals surface area contributed by atoms with Crippen LogP contribution in [0.25, 0.3) is 0 Å². The second-order valence-corrected chi connectivity index (χ2v) is 3.70. The fourth-order valence-electron chi connectivity index (χ4n) is 0.334. The van der Waals surface area contributed by atoms with Crippen LogP contribution >= 0.6 is 11.3 Å². The third-order valence-electron chi connectivity index (χ3n) is 0.624. The molecule has 0 aliphatic carbocycles. The molecule has 6 heteroatoms. The van der Waals surface area contributed by atoms with Gasteiger partial charge in [-0.1, -0.05) is 4.55 Å². The number of rotatable bonds is 1. The zero-order valence-corrected chi connectivity index (χ0v) is 5.78. The number of thiazole rings is 1. The molecule has 1 rings (SSSR count). The average molecular weight is 164 g/mol. The molecule has 0 aromatic carbocycles. The van der Waals surface area contributed by atoms with E-state index in [9.17, 15) is 13.0 Å². The normalized spacial score (nSPS) is 11.7. The molecule has 0 saturated carbocycles. The van der Waals surface area contributed by atoms with Gasteiger partial charge in [-0.15, -0.1) is 11.3 Å². The summed E-state index contributed by atoms with van der Waals surface area (Å²) >= 11 is 0.818. The maximum atomic E-state index is 10.1. The first-order valence-corrected chi connectivity index (χ1v) is 4.25. The predicted molar refractivity (Wildman–Crippen MR) is 30.0 cm³/mol. The van der Waals surface area contributed by atoms with Crippen LogP contribution in [0.3, 0.4) is 0 Å². The van der Waals surface area contributed by atoms with E-state index >= 15 is 0 Å². The molecule has 0 N–H and O–H groups in total. The highest BCUT2D eigenvalue weighted by Crippen LogP contribution is 2.10. The Labute approximate surface area is 55.9 Å². The van der Waals surface area contributed by atoms with Gasteiger partial charge in [0.25, 0.3) is 0 Å². The Morgan fingerprint density at radius 1 is 1.56 bits per heavy atom. The minimum atomic E-state index is -4.30. The molecule has 4 nitrogen and oxygen atoms in total. The maximum Gasteiger partial charge on any atom is 0.351 e. The van der Waals surface area contributed by atoms with Crippen molar-refractivity contribution in [3.05, 3.63) is 11.6 Å². The predicted octanol–water partition coefficient (Wildman–Crippen LogP) is 0.262. The molecule has 0 bridgehead atoms. The summed E-state index contributed by atoms with van der Waals surface area (Å²) in [5.74, 6) is 0. The first-order valence-electron chi connectivity index (χ1n) is 1.96. The summed E-state index contributed by atoms with van der Waals surface area (Å²) in [6.07, 6.45) is 1.27. The van der Waals surface area contributed by atoms with E-state index < -0.39 is 10.1 Å². The lowest BCUT2D eigenvalue weighted by atomic mass is 11.0. The van der Waals surface area contributed by atoms with Crippen LogP contribution in [0.2, 0.25) is 0 Å². The van der Waals surface area contributed by atoms with Crippen LogP contribution in [0, 0.1) is 0 Å². The molecule has 0 spiro atoms. The Morgan fingerprint density at radius 2 is 2.22 bits per heavy atom. The van der Waals surface area contributed by atoms with E-state index in [1.807, 2.05) is 0 Å². The van der Waals surface area contributed by atoms with Crippen molar-refractivity contribution in [3.63, 3.8) is 0 Å². The summed E-state index contributed by atoms with van der Waals surface area (Å²) in [6, 6.07) is 0. The lowest BCUT2D eigenvalue weighted by Crippen LogP contribution is -1.93. The largest absolute Gasteiger partial charge is 0.351 e. The van der Waals surface area contributed by atoms with Gasteiger partial charge in [-0.25, -0.2) is 4.98 Å². The molecule has 0 atom stereocenters. The van der Waals surface area contributed by atoms with Crippen molar-refractivity contribution in [2.75, 3.05) is 0 Å². The molecule has 1 aromatic rings. The lowest BCUT2D eigenvalue weighted by Gasteiger charge is -1.80. The molecule has 0 unspecified atom stereocenters. The molecule has 0 amide bonds. The van der Waals surface area contributed by atoms with Gasteiger partial charge < -0.3 is 0 Å². The molecule has 0 fully saturated rings. The Balaban J connectivity index is 3.20. The van der Waals surface area contributed by atoms with Crippen molar-refractivity contribution in [2.45, 2.75) is 4.34 Å². The Hall–Kier alpha value is -0.460. The minimum absolute atomic E-state index is 0.373. The quantitative estimate of drug-likeness (QED) is 0.598. The van der Waals surface area contributed by atoms with Gasteiger partial charge in [0.05, 0.1) is 0 Å². The highest BCUT2D eigenvalue weighted by molar-refractivity contribution is 7.87. The molecule has 49 valence electrons. The van der Waals surface area contributed by atoms with Crippen LogP contribution in [0.15, 0.2) is 15.9 Å². The highest BCUT2D eigenvalue weighted by Gasteiger charge is 2.13. The van der Waals surface area contributed by atoms with Crippen molar-refractivity contribution < 1.29 is 13.0 Å². The fourth-order valence-corrected chi connectivity index (χ4v) is 1.52. The van der Waals surface area contributed by atoms with E-state index in [4.69, 9.17) is 0 Å². The summed E-state index contributed by atoms with van der Waals surface area (Å²) in [7, 11) is -4.30. The molecule has 0 saturated heterocycles. The van der Waals surface area contributed by atoms with Gasteiger partial charge in [0.2, 0.25) is 4.34 Å². The summed E-state index contributed by atoms with van der Waals surface area (Å²) in [4.78, 5) is 3.31. The fraction of sp³-hybridized carbons (Fsp3) is 0. The van der Waals surface area contributed by atoms with Gasteiger partial charge in [-0.05, 0) is 0 Å². The van der Waals surface area contributed by atoms with Gasteiger partial charge >= 0.3 is 10.1 Å². The third kappa shape index (κ3) is 1.47. The Morgan fingerprint density at radius 3 is 2.44 bits per heavy atom. The molecular weight excluding hydrogens is 162 g/mol. The summed E-state index contributed by atoms with van der Waals surface area (Å²) < 4.78 is 29.9. The third-order valence-corrected chi connectivity index (χ3v) is 2.62. The number of hydrogen-bond donors (Lipinski definition) is 0. The number of aromatic nitrogens is 1. The van der Waals surface area contributed by atoms with Crippen molar-refractivity contribution in [2.24, 2.45) is 0 Å². The van der Waals surface area contributed by atoms with E-state index in [0.717, 1.165) is 11.3 Å². The van der Waals surface area contributed by atoms with Crippen LogP contribution < -0.4 is 0 Å². The van der Waals surface area contributed by atoms with Gasteiger partial charge in [0.1, 0.15) is 0 Å². The molecule has 1 aromatic heterocycles. The average Bonchev–Trinajstić information content (AvgIpc) is 2.08. The van der Waals surface area contributed by atoms with Gasteiger partial charge in [-0.2, -0.15) is 8.42 Å². The van der Waals surface area contributed by atoms with Crippen molar-refractivity contribution >= 4 is 21.5 Å². The van der Waals surface area contributed by atoms with E-state index in [-0.39, 0.29) is 4.34 Å². The number of nitrogens with zero attached hydrogens (tertiary/aromatic N) is 1. The summed E-state index contributed by atoms with van der Waals surface area (Å²) in [5.41, 5.74) is 0. The Kier molecular flexibility index (Phi) is 1.52. The standard InChI is InChI=1S/C3H2NO3S2/c5-9(6,7)3-4-1-2-8-3/h1-2H. The molecule has 0 aliphatic rings. The molecule has 0 aliphatic heterocycles. The van der Waals surface area contributed by atoms with Crippen LogP contribution in [-0.4, -0.2) is 13.4 Å². The Bertz CT molecular complexity index is 274. The number of hydrogen-bond acceptors (Lipinski definition) is 4. The van der Waals surface area contributed by atoms with Crippen LogP contribution in [0.5, 0.6) is 0 Å². The molecule has 1 heterocycles. The van der Waals surface area contributed by atoms with Gasteiger partial charge in [0.15, 0.2) is 0 Å². The van der Waals surface area contributed by atoms with Crippen LogP contribution in [-0.2, 0) is 14.7 Å². The smallest absolute Gasteiger partial charge is 0.232 e. The monoisotopic (exact) mass is 164 g/mol. The van der Waals surface area contributed by atoms with Crippen molar-refractivity contribution in [3.8, 4) is 0 Å². The maximum absolute atomic E-state index is 10.1. The van der Waals surface area contributed by atoms with Crippen LogP contribution in [0.1, 0.15) is 0 Å². The van der Waals surface area contributed by atoms with Crippen molar-refractivity contribution in [1.82, 2.24) is 4.98 Å². The SMILES string of the molecule is [O]S(=O)(=O)c1nccs1. The molecular formula is C3H2NO3S2. The van der Waals surface area contributed by atoms with Crippen molar-refractivity contribution in [1.29, 1.82) is 0 Å². The zero-order valence-electron chi connectivity index (χ0n) is 4.14. The molecule has 1 radical (unpaired) electrons. The van der Waals surface area contributed by atoms with E-state index in [1.165, 1.54) is 11.6 Å². The van der Waals surface area contributed by atoms with Crippen LogP contribution in [0.4, 0.5) is 0 Å². The lowest BCUT2D eigenvalue weighted by molar-refractivity contribution is 0.414. The second-order valence-electron chi connectivity index (χ2n) is 1.25. The van der Waals surface area contributed by atoms with Gasteiger partial charge in [-0.3, -0.25) is 0 Å². The summed E-state index contributed by atoms with van der Waals surface area (Å²) in [6.45, 7) is 0. The summed E-state index contributed by atoms with van der Waals surface area (Å²) in [5, 5.41) is 1.44. The first-order chi connectivity index (χ1) is 4.11.